The maximum Gasteiger partial charge on any atom is 0.262 e. The monoisotopic (exact) mass is 518 g/mol. The molecule has 0 saturated heterocycles. The van der Waals surface area contributed by atoms with Crippen molar-refractivity contribution in [1.82, 2.24) is 10.6 Å². The number of Topliss-reactive ketones (excluding diaryl/α,β-unsaturated/α-hetero) is 1. The van der Waals surface area contributed by atoms with Gasteiger partial charge in [-0.25, -0.2) is 0 Å². The number of aliphatic hydroxyl groups is 1. The summed E-state index contributed by atoms with van der Waals surface area (Å²) in [6.45, 7) is 8.95. The molecule has 3 rings (SSSR count). The second-order valence-electron chi connectivity index (χ2n) is 11.6. The van der Waals surface area contributed by atoms with E-state index in [0.29, 0.717) is 50.8 Å². The van der Waals surface area contributed by atoms with Gasteiger partial charge in [-0.1, -0.05) is 47.0 Å². The second kappa shape index (κ2) is 12.7. The smallest absolute Gasteiger partial charge is 0.262 e. The summed E-state index contributed by atoms with van der Waals surface area (Å²) in [4.78, 5) is 52.9. The van der Waals surface area contributed by atoms with Gasteiger partial charge in [0.25, 0.3) is 11.8 Å². The topological polar surface area (TPSA) is 122 Å². The molecule has 37 heavy (non-hydrogen) atoms. The summed E-state index contributed by atoms with van der Waals surface area (Å²) < 4.78 is 5.02. The number of ketones is 1. The van der Waals surface area contributed by atoms with Crippen LogP contribution in [0.3, 0.4) is 0 Å². The number of rotatable bonds is 12. The number of methoxy groups -OCH3 is 1. The molecule has 2 fully saturated rings. The third-order valence-electron chi connectivity index (χ3n) is 9.07. The minimum Gasteiger partial charge on any atom is -0.390 e. The quantitative estimate of drug-likeness (QED) is 0.207. The molecule has 3 amide bonds. The lowest BCUT2D eigenvalue weighted by Gasteiger charge is -2.54. The molecule has 1 heterocycles. The van der Waals surface area contributed by atoms with E-state index in [0.717, 1.165) is 25.7 Å². The van der Waals surface area contributed by atoms with Crippen LogP contribution in [0.2, 0.25) is 0 Å². The fourth-order valence-corrected chi connectivity index (χ4v) is 7.24. The highest BCUT2D eigenvalue weighted by Gasteiger charge is 2.57. The molecule has 7 atom stereocenters. The van der Waals surface area contributed by atoms with Gasteiger partial charge in [0.1, 0.15) is 0 Å². The summed E-state index contributed by atoms with van der Waals surface area (Å²) >= 11 is 0. The number of ether oxygens (including phenoxy) is 1. The van der Waals surface area contributed by atoms with Crippen molar-refractivity contribution in [2.45, 2.75) is 91.1 Å². The van der Waals surface area contributed by atoms with Crippen molar-refractivity contribution in [3.63, 3.8) is 0 Å². The van der Waals surface area contributed by atoms with E-state index in [2.05, 4.69) is 17.6 Å². The predicted molar refractivity (Wildman–Crippen MR) is 140 cm³/mol. The van der Waals surface area contributed by atoms with Crippen molar-refractivity contribution < 1.29 is 29.0 Å². The van der Waals surface area contributed by atoms with Crippen molar-refractivity contribution in [3.05, 3.63) is 11.1 Å². The van der Waals surface area contributed by atoms with Gasteiger partial charge in [-0.2, -0.15) is 0 Å². The minimum atomic E-state index is -1.17. The molecular weight excluding hydrogens is 472 g/mol. The maximum atomic E-state index is 14.2. The van der Waals surface area contributed by atoms with Gasteiger partial charge in [-0.15, -0.1) is 0 Å². The van der Waals surface area contributed by atoms with Gasteiger partial charge < -0.3 is 15.2 Å². The molecule has 2 saturated carbocycles. The highest BCUT2D eigenvalue weighted by Crippen LogP contribution is 2.54. The van der Waals surface area contributed by atoms with E-state index in [1.54, 1.807) is 7.11 Å². The van der Waals surface area contributed by atoms with E-state index in [4.69, 9.17) is 4.74 Å². The molecular formula is C29H46N2O6. The SMILES string of the molecule is CCCCCC(CC)C1=C(C(=O)C2C(C)CCC3(O)CC(C(=O)NCCOC)CC(C)C23)C(=O)NC1=O. The summed E-state index contributed by atoms with van der Waals surface area (Å²) in [5, 5.41) is 17.2. The lowest BCUT2D eigenvalue weighted by Crippen LogP contribution is -2.58. The fraction of sp³-hybridized carbons (Fsp3) is 0.793. The first-order valence-corrected chi connectivity index (χ1v) is 14.2. The molecule has 0 aromatic rings. The van der Waals surface area contributed by atoms with Gasteiger partial charge in [0.2, 0.25) is 5.91 Å². The van der Waals surface area contributed by atoms with E-state index in [1.807, 2.05) is 20.8 Å². The molecule has 8 heteroatoms. The average molecular weight is 519 g/mol. The normalized spacial score (nSPS) is 32.6. The summed E-state index contributed by atoms with van der Waals surface area (Å²) in [7, 11) is 1.58. The molecule has 208 valence electrons. The molecule has 0 radical (unpaired) electrons. The second-order valence-corrected chi connectivity index (χ2v) is 11.6. The number of unbranched alkanes of at least 4 members (excludes halogenated alkanes) is 2. The molecule has 0 aromatic heterocycles. The summed E-state index contributed by atoms with van der Waals surface area (Å²) in [6.07, 6.45) is 6.47. The third kappa shape index (κ3) is 6.17. The molecule has 3 N–H and O–H groups in total. The van der Waals surface area contributed by atoms with Crippen molar-refractivity contribution in [2.75, 3.05) is 20.3 Å². The van der Waals surface area contributed by atoms with E-state index in [1.165, 1.54) is 0 Å². The van der Waals surface area contributed by atoms with E-state index >= 15 is 0 Å². The largest absolute Gasteiger partial charge is 0.390 e. The van der Waals surface area contributed by atoms with Crippen LogP contribution >= 0.6 is 0 Å². The maximum absolute atomic E-state index is 14.2. The first-order valence-electron chi connectivity index (χ1n) is 14.2. The van der Waals surface area contributed by atoms with Crippen LogP contribution in [0, 0.1) is 35.5 Å². The van der Waals surface area contributed by atoms with Gasteiger partial charge in [0, 0.05) is 37.0 Å². The van der Waals surface area contributed by atoms with Crippen LogP contribution in [0.15, 0.2) is 11.1 Å². The van der Waals surface area contributed by atoms with Crippen LogP contribution in [0.25, 0.3) is 0 Å². The molecule has 0 spiro atoms. The molecule has 3 aliphatic rings. The van der Waals surface area contributed by atoms with Crippen molar-refractivity contribution in [3.8, 4) is 0 Å². The fourth-order valence-electron chi connectivity index (χ4n) is 7.24. The Balaban J connectivity index is 1.91. The standard InChI is InChI=1S/C29H46N2O6/c1-6-8-9-10-19(7-2)22-23(28(35)31-27(22)34)25(32)21-17(3)11-12-29(36)16-20(15-18(4)24(21)29)26(33)30-13-14-37-5/h17-21,24,36H,6-16H2,1-5H3,(H,30,33)(H,31,34,35). The zero-order chi connectivity index (χ0) is 27.3. The Morgan fingerprint density at radius 3 is 2.54 bits per heavy atom. The van der Waals surface area contributed by atoms with Crippen molar-refractivity contribution in [1.29, 1.82) is 0 Å². The van der Waals surface area contributed by atoms with Crippen molar-refractivity contribution >= 4 is 23.5 Å². The van der Waals surface area contributed by atoms with Crippen LogP contribution < -0.4 is 10.6 Å². The van der Waals surface area contributed by atoms with E-state index in [9.17, 15) is 24.3 Å². The average Bonchev–Trinajstić information content (AvgIpc) is 3.15. The Hall–Kier alpha value is -2.06. The lowest BCUT2D eigenvalue weighted by atomic mass is 9.52. The predicted octanol–water partition coefficient (Wildman–Crippen LogP) is 3.32. The molecule has 2 aliphatic carbocycles. The van der Waals surface area contributed by atoms with Crippen LogP contribution in [0.4, 0.5) is 0 Å². The number of imide groups is 1. The highest BCUT2D eigenvalue weighted by atomic mass is 16.5. The van der Waals surface area contributed by atoms with Gasteiger partial charge in [0.15, 0.2) is 5.78 Å². The van der Waals surface area contributed by atoms with Crippen LogP contribution in [-0.4, -0.2) is 54.5 Å². The Morgan fingerprint density at radius 2 is 1.89 bits per heavy atom. The van der Waals surface area contributed by atoms with Crippen LogP contribution in [0.5, 0.6) is 0 Å². The number of nitrogens with one attached hydrogen (secondary N) is 2. The number of carbonyl (C=O) groups is 4. The number of hydrogen-bond donors (Lipinski definition) is 3. The van der Waals surface area contributed by atoms with Crippen LogP contribution in [0.1, 0.15) is 85.5 Å². The Kier molecular flexibility index (Phi) is 10.1. The van der Waals surface area contributed by atoms with Gasteiger partial charge in [0.05, 0.1) is 17.8 Å². The number of hydrogen-bond acceptors (Lipinski definition) is 6. The van der Waals surface area contributed by atoms with E-state index in [-0.39, 0.29) is 46.9 Å². The number of amides is 3. The Morgan fingerprint density at radius 1 is 1.16 bits per heavy atom. The Bertz CT molecular complexity index is 914. The number of fused-ring (bicyclic) bond motifs is 1. The zero-order valence-electron chi connectivity index (χ0n) is 23.2. The minimum absolute atomic E-state index is 0.0149. The third-order valence-corrected chi connectivity index (χ3v) is 9.07. The number of carbonyl (C=O) groups excluding carboxylic acids is 4. The summed E-state index contributed by atoms with van der Waals surface area (Å²) in [5.74, 6) is -3.00. The molecule has 7 unspecified atom stereocenters. The van der Waals surface area contributed by atoms with Gasteiger partial charge in [-0.05, 0) is 56.3 Å². The lowest BCUT2D eigenvalue weighted by molar-refractivity contribution is -0.166. The molecule has 0 aromatic carbocycles. The van der Waals surface area contributed by atoms with Crippen molar-refractivity contribution in [2.24, 2.45) is 35.5 Å². The molecule has 8 nitrogen and oxygen atoms in total. The first-order chi connectivity index (χ1) is 17.6. The zero-order valence-corrected chi connectivity index (χ0v) is 23.2. The molecule has 0 bridgehead atoms. The van der Waals surface area contributed by atoms with Gasteiger partial charge >= 0.3 is 0 Å². The van der Waals surface area contributed by atoms with Gasteiger partial charge in [-0.3, -0.25) is 24.5 Å². The first kappa shape index (κ1) is 29.5. The highest BCUT2D eigenvalue weighted by molar-refractivity contribution is 6.32. The Labute approximate surface area is 221 Å². The summed E-state index contributed by atoms with van der Waals surface area (Å²) in [5.41, 5.74) is -0.811. The van der Waals surface area contributed by atoms with E-state index < -0.39 is 23.3 Å². The summed E-state index contributed by atoms with van der Waals surface area (Å²) in [6, 6.07) is 0. The molecule has 1 aliphatic heterocycles. The van der Waals surface area contributed by atoms with Crippen LogP contribution in [-0.2, 0) is 23.9 Å².